The van der Waals surface area contributed by atoms with Gasteiger partial charge < -0.3 is 4.52 Å². The Kier molecular flexibility index (Phi) is 3.89. The van der Waals surface area contributed by atoms with Crippen LogP contribution in [0.1, 0.15) is 30.7 Å². The number of benzene rings is 2. The second-order valence-electron chi connectivity index (χ2n) is 6.44. The smallest absolute Gasteiger partial charge is 0.238 e. The molecular weight excluding hydrogens is 357 g/mol. The molecule has 8 heteroatoms. The topological polar surface area (TPSA) is 99.1 Å². The number of nitrogens with two attached hydrogens (primary N) is 1. The first-order chi connectivity index (χ1) is 12.4. The van der Waals surface area contributed by atoms with Crippen LogP contribution in [0.2, 0.25) is 0 Å². The number of rotatable bonds is 4. The van der Waals surface area contributed by atoms with Crippen LogP contribution in [-0.4, -0.2) is 18.6 Å². The molecule has 0 atom stereocenters. The van der Waals surface area contributed by atoms with Crippen molar-refractivity contribution in [2.75, 3.05) is 0 Å². The van der Waals surface area contributed by atoms with Gasteiger partial charge in [-0.25, -0.2) is 17.9 Å². The molecule has 134 valence electrons. The van der Waals surface area contributed by atoms with Crippen molar-refractivity contribution in [3.63, 3.8) is 0 Å². The van der Waals surface area contributed by atoms with E-state index in [0.717, 1.165) is 24.8 Å². The summed E-state index contributed by atoms with van der Waals surface area (Å²) in [6.45, 7) is 0. The van der Waals surface area contributed by atoms with Gasteiger partial charge in [0.2, 0.25) is 21.7 Å². The van der Waals surface area contributed by atoms with Crippen molar-refractivity contribution < 1.29 is 17.3 Å². The zero-order valence-electron chi connectivity index (χ0n) is 13.7. The van der Waals surface area contributed by atoms with Crippen molar-refractivity contribution >= 4 is 10.0 Å². The molecule has 0 radical (unpaired) electrons. The summed E-state index contributed by atoms with van der Waals surface area (Å²) in [7, 11) is -3.75. The first-order valence-electron chi connectivity index (χ1n) is 8.12. The van der Waals surface area contributed by atoms with Crippen LogP contribution < -0.4 is 5.14 Å². The normalized spacial score (nSPS) is 16.2. The van der Waals surface area contributed by atoms with E-state index < -0.39 is 15.4 Å². The van der Waals surface area contributed by atoms with Crippen LogP contribution in [0.5, 0.6) is 0 Å². The number of hydrogen-bond donors (Lipinski definition) is 1. The van der Waals surface area contributed by atoms with Gasteiger partial charge >= 0.3 is 0 Å². The fraction of sp³-hybridized carbons (Fsp3) is 0.222. The molecule has 0 amide bonds. The van der Waals surface area contributed by atoms with Gasteiger partial charge in [-0.3, -0.25) is 0 Å². The lowest BCUT2D eigenvalue weighted by Crippen LogP contribution is -2.35. The lowest BCUT2D eigenvalue weighted by molar-refractivity contribution is 0.216. The minimum atomic E-state index is -3.75. The van der Waals surface area contributed by atoms with Crippen LogP contribution in [0, 0.1) is 5.82 Å². The fourth-order valence-corrected chi connectivity index (χ4v) is 3.79. The van der Waals surface area contributed by atoms with E-state index >= 15 is 0 Å². The number of halogens is 1. The average Bonchev–Trinajstić information content (AvgIpc) is 3.03. The number of primary sulfonamides is 1. The fourth-order valence-electron chi connectivity index (χ4n) is 3.27. The third kappa shape index (κ3) is 2.81. The highest BCUT2D eigenvalue weighted by Crippen LogP contribution is 2.48. The highest BCUT2D eigenvalue weighted by Gasteiger charge is 2.45. The van der Waals surface area contributed by atoms with E-state index in [0.29, 0.717) is 17.3 Å². The van der Waals surface area contributed by atoms with Crippen LogP contribution in [0.3, 0.4) is 0 Å². The lowest BCUT2D eigenvalue weighted by atomic mass is 9.64. The Bertz CT molecular complexity index is 1060. The van der Waals surface area contributed by atoms with Gasteiger partial charge in [-0.1, -0.05) is 23.7 Å². The minimum Gasteiger partial charge on any atom is -0.338 e. The van der Waals surface area contributed by atoms with Crippen LogP contribution in [0.4, 0.5) is 4.39 Å². The van der Waals surface area contributed by atoms with Gasteiger partial charge in [-0.2, -0.15) is 4.98 Å². The third-order valence-electron chi connectivity index (χ3n) is 4.86. The van der Waals surface area contributed by atoms with Gasteiger partial charge in [0.1, 0.15) is 5.82 Å². The minimum absolute atomic E-state index is 0.0141. The number of nitrogens with zero attached hydrogens (tertiary/aromatic N) is 2. The van der Waals surface area contributed by atoms with Crippen molar-refractivity contribution in [3.8, 4) is 11.4 Å². The predicted octanol–water partition coefficient (Wildman–Crippen LogP) is 2.99. The van der Waals surface area contributed by atoms with E-state index in [2.05, 4.69) is 10.1 Å². The molecule has 1 aromatic heterocycles. The van der Waals surface area contributed by atoms with E-state index in [1.807, 2.05) is 6.07 Å². The Hall–Kier alpha value is -2.58. The Labute approximate surface area is 149 Å². The monoisotopic (exact) mass is 373 g/mol. The van der Waals surface area contributed by atoms with Crippen molar-refractivity contribution in [2.24, 2.45) is 5.14 Å². The first kappa shape index (κ1) is 16.9. The summed E-state index contributed by atoms with van der Waals surface area (Å²) in [4.78, 5) is 4.51. The van der Waals surface area contributed by atoms with Crippen LogP contribution in [-0.2, 0) is 15.4 Å². The maximum Gasteiger partial charge on any atom is 0.238 e. The van der Waals surface area contributed by atoms with Crippen molar-refractivity contribution in [2.45, 2.75) is 29.6 Å². The SMILES string of the molecule is NS(=O)(=O)c1ccc(-c2noc(C3(c4cccc(F)c4)CCC3)n2)cc1. The van der Waals surface area contributed by atoms with Gasteiger partial charge in [-0.15, -0.1) is 0 Å². The maximum absolute atomic E-state index is 13.7. The Morgan fingerprint density at radius 1 is 1.12 bits per heavy atom. The number of sulfonamides is 1. The summed E-state index contributed by atoms with van der Waals surface area (Å²) in [5.41, 5.74) is 0.970. The number of hydrogen-bond acceptors (Lipinski definition) is 5. The molecule has 26 heavy (non-hydrogen) atoms. The summed E-state index contributed by atoms with van der Waals surface area (Å²) in [5, 5.41) is 9.11. The number of aromatic nitrogens is 2. The zero-order chi connectivity index (χ0) is 18.4. The predicted molar refractivity (Wildman–Crippen MR) is 92.1 cm³/mol. The maximum atomic E-state index is 13.7. The second-order valence-corrected chi connectivity index (χ2v) is 8.00. The molecule has 1 fully saturated rings. The molecular formula is C18H16FN3O3S. The summed E-state index contributed by atoms with van der Waals surface area (Å²) in [6, 6.07) is 12.4. The molecule has 3 aromatic rings. The standard InChI is InChI=1S/C18H16FN3O3S/c19-14-4-1-3-13(11-14)18(9-2-10-18)17-21-16(22-25-17)12-5-7-15(8-6-12)26(20,23)24/h1,3-8,11H,2,9-10H2,(H2,20,23,24). The molecule has 0 unspecified atom stereocenters. The second kappa shape index (κ2) is 6.00. The molecule has 4 rings (SSSR count). The molecule has 2 aromatic carbocycles. The highest BCUT2D eigenvalue weighted by atomic mass is 32.2. The van der Waals surface area contributed by atoms with Crippen molar-refractivity contribution in [1.29, 1.82) is 0 Å². The van der Waals surface area contributed by atoms with E-state index in [-0.39, 0.29) is 10.7 Å². The molecule has 0 spiro atoms. The van der Waals surface area contributed by atoms with E-state index in [9.17, 15) is 12.8 Å². The molecule has 1 aliphatic rings. The van der Waals surface area contributed by atoms with Gasteiger partial charge in [0.25, 0.3) is 0 Å². The molecule has 2 N–H and O–H groups in total. The average molecular weight is 373 g/mol. The van der Waals surface area contributed by atoms with Crippen LogP contribution >= 0.6 is 0 Å². The Balaban J connectivity index is 1.69. The zero-order valence-corrected chi connectivity index (χ0v) is 14.5. The third-order valence-corrected chi connectivity index (χ3v) is 5.79. The molecule has 0 saturated heterocycles. The van der Waals surface area contributed by atoms with E-state index in [4.69, 9.17) is 9.66 Å². The van der Waals surface area contributed by atoms with Crippen molar-refractivity contribution in [3.05, 3.63) is 65.8 Å². The largest absolute Gasteiger partial charge is 0.338 e. The highest BCUT2D eigenvalue weighted by molar-refractivity contribution is 7.89. The summed E-state index contributed by atoms with van der Waals surface area (Å²) >= 11 is 0. The Morgan fingerprint density at radius 3 is 2.42 bits per heavy atom. The molecule has 1 aliphatic carbocycles. The summed E-state index contributed by atoms with van der Waals surface area (Å²) < 4.78 is 41.8. The Morgan fingerprint density at radius 2 is 1.85 bits per heavy atom. The van der Waals surface area contributed by atoms with Crippen LogP contribution in [0.15, 0.2) is 57.9 Å². The molecule has 1 heterocycles. The van der Waals surface area contributed by atoms with Gasteiger partial charge in [-0.05, 0) is 54.8 Å². The first-order valence-corrected chi connectivity index (χ1v) is 9.67. The molecule has 6 nitrogen and oxygen atoms in total. The molecule has 0 bridgehead atoms. The van der Waals surface area contributed by atoms with Crippen LogP contribution in [0.25, 0.3) is 11.4 Å². The van der Waals surface area contributed by atoms with E-state index in [1.165, 1.54) is 24.3 Å². The van der Waals surface area contributed by atoms with Crippen molar-refractivity contribution in [1.82, 2.24) is 10.1 Å². The molecule has 1 saturated carbocycles. The van der Waals surface area contributed by atoms with Gasteiger partial charge in [0.05, 0.1) is 10.3 Å². The lowest BCUT2D eigenvalue weighted by Gasteiger charge is -2.38. The summed E-state index contributed by atoms with van der Waals surface area (Å²) in [6.07, 6.45) is 2.61. The summed E-state index contributed by atoms with van der Waals surface area (Å²) in [5.74, 6) is 0.496. The van der Waals surface area contributed by atoms with Gasteiger partial charge in [0, 0.05) is 5.56 Å². The van der Waals surface area contributed by atoms with Gasteiger partial charge in [0.15, 0.2) is 0 Å². The quantitative estimate of drug-likeness (QED) is 0.758. The molecule has 0 aliphatic heterocycles. The van der Waals surface area contributed by atoms with E-state index in [1.54, 1.807) is 18.2 Å².